The van der Waals surface area contributed by atoms with Crippen LogP contribution in [0.15, 0.2) is 48.6 Å². The van der Waals surface area contributed by atoms with Gasteiger partial charge in [0.2, 0.25) is 0 Å². The largest absolute Gasteiger partial charge is 0.491 e. The van der Waals surface area contributed by atoms with Crippen LogP contribution in [0.4, 0.5) is 0 Å². The second kappa shape index (κ2) is 14.7. The van der Waals surface area contributed by atoms with Gasteiger partial charge in [-0.2, -0.15) is 0 Å². The van der Waals surface area contributed by atoms with Crippen molar-refractivity contribution in [1.82, 2.24) is 19.6 Å². The number of ether oxygens (including phenoxy) is 2. The summed E-state index contributed by atoms with van der Waals surface area (Å²) in [7, 11) is 0. The van der Waals surface area contributed by atoms with E-state index in [0.29, 0.717) is 24.6 Å². The summed E-state index contributed by atoms with van der Waals surface area (Å²) in [6.07, 6.45) is -1.07. The Morgan fingerprint density at radius 1 is 0.667 bits per heavy atom. The molecule has 1 aromatic carbocycles. The summed E-state index contributed by atoms with van der Waals surface area (Å²) in [5.41, 5.74) is 2.38. The van der Waals surface area contributed by atoms with Gasteiger partial charge < -0.3 is 19.7 Å². The molecule has 0 saturated carbocycles. The number of nitrogens with zero attached hydrogens (tertiary/aromatic N) is 4. The quantitative estimate of drug-likeness (QED) is 0.372. The molecule has 0 radical (unpaired) electrons. The molecule has 0 unspecified atom stereocenters. The first kappa shape index (κ1) is 28.6. The third-order valence-corrected chi connectivity index (χ3v) is 6.56. The van der Waals surface area contributed by atoms with Crippen LogP contribution in [0.5, 0.6) is 11.5 Å². The number of aliphatic hydroxyl groups excluding tert-OH is 2. The fourth-order valence-electron chi connectivity index (χ4n) is 4.74. The van der Waals surface area contributed by atoms with E-state index in [-0.39, 0.29) is 13.2 Å². The van der Waals surface area contributed by atoms with Crippen molar-refractivity contribution < 1.29 is 19.7 Å². The van der Waals surface area contributed by atoms with Crippen LogP contribution in [-0.4, -0.2) is 134 Å². The molecule has 2 N–H and O–H groups in total. The maximum atomic E-state index is 10.4. The van der Waals surface area contributed by atoms with Gasteiger partial charge in [-0.1, -0.05) is 24.3 Å². The van der Waals surface area contributed by atoms with Crippen LogP contribution >= 0.6 is 0 Å². The molecule has 0 aromatic heterocycles. The molecular formula is C28H46N4O4. The Hall–Kier alpha value is -1.94. The van der Waals surface area contributed by atoms with Gasteiger partial charge in [0.1, 0.15) is 36.9 Å². The summed E-state index contributed by atoms with van der Waals surface area (Å²) < 4.78 is 11.6. The molecule has 8 nitrogen and oxygen atoms in total. The van der Waals surface area contributed by atoms with Crippen molar-refractivity contribution in [1.29, 1.82) is 0 Å². The van der Waals surface area contributed by atoms with Gasteiger partial charge in [0.15, 0.2) is 0 Å². The molecule has 2 atom stereocenters. The highest BCUT2D eigenvalue weighted by Crippen LogP contribution is 2.18. The predicted molar refractivity (Wildman–Crippen MR) is 145 cm³/mol. The Morgan fingerprint density at radius 3 is 1.28 bits per heavy atom. The molecule has 0 bridgehead atoms. The molecule has 202 valence electrons. The minimum absolute atomic E-state index is 0.254. The fourth-order valence-corrected chi connectivity index (χ4v) is 4.74. The highest BCUT2D eigenvalue weighted by molar-refractivity contribution is 5.31. The number of hydrogen-bond acceptors (Lipinski definition) is 8. The van der Waals surface area contributed by atoms with Gasteiger partial charge in [0, 0.05) is 78.5 Å². The highest BCUT2D eigenvalue weighted by Gasteiger charge is 2.20. The second-order valence-corrected chi connectivity index (χ2v) is 10.5. The van der Waals surface area contributed by atoms with Gasteiger partial charge in [-0.25, -0.2) is 0 Å². The maximum Gasteiger partial charge on any atom is 0.119 e. The lowest BCUT2D eigenvalue weighted by atomic mass is 10.2. The van der Waals surface area contributed by atoms with E-state index in [0.717, 1.165) is 65.4 Å². The molecule has 2 aliphatic heterocycles. The molecule has 8 heteroatoms. The Morgan fingerprint density at radius 2 is 0.972 bits per heavy atom. The van der Waals surface area contributed by atoms with Gasteiger partial charge in [-0.15, -0.1) is 0 Å². The van der Waals surface area contributed by atoms with E-state index in [4.69, 9.17) is 9.47 Å². The summed E-state index contributed by atoms with van der Waals surface area (Å²) in [5.74, 6) is 1.39. The van der Waals surface area contributed by atoms with Crippen molar-refractivity contribution in [2.45, 2.75) is 26.1 Å². The number of benzene rings is 1. The molecule has 2 saturated heterocycles. The van der Waals surface area contributed by atoms with Gasteiger partial charge in [-0.05, 0) is 38.1 Å². The molecular weight excluding hydrogens is 456 g/mol. The van der Waals surface area contributed by atoms with E-state index in [1.807, 2.05) is 24.3 Å². The molecule has 1 aromatic rings. The van der Waals surface area contributed by atoms with Crippen LogP contribution in [0.25, 0.3) is 0 Å². The summed E-state index contributed by atoms with van der Waals surface area (Å²) in [4.78, 5) is 9.37. The van der Waals surface area contributed by atoms with Crippen LogP contribution in [-0.2, 0) is 0 Å². The SMILES string of the molecule is C=C(C)CN1CCN(C[C@@H](O)COc2ccc(OC[C@H](O)CN3CCN(CC(=C)C)CC3)cc2)CC1. The van der Waals surface area contributed by atoms with Gasteiger partial charge >= 0.3 is 0 Å². The second-order valence-electron chi connectivity index (χ2n) is 10.5. The molecule has 3 rings (SSSR count). The monoisotopic (exact) mass is 502 g/mol. The number of piperazine rings is 2. The first-order valence-electron chi connectivity index (χ1n) is 13.2. The molecule has 36 heavy (non-hydrogen) atoms. The Kier molecular flexibility index (Phi) is 11.7. The first-order chi connectivity index (χ1) is 17.3. The summed E-state index contributed by atoms with van der Waals surface area (Å²) in [6, 6.07) is 7.36. The van der Waals surface area contributed by atoms with E-state index in [2.05, 4.69) is 46.6 Å². The molecule has 2 heterocycles. The van der Waals surface area contributed by atoms with E-state index < -0.39 is 12.2 Å². The van der Waals surface area contributed by atoms with Crippen molar-refractivity contribution in [2.75, 3.05) is 91.8 Å². The standard InChI is InChI=1S/C28H46N4O4/c1-23(2)17-29-9-13-31(14-10-29)19-25(33)21-35-27-5-7-28(8-6-27)36-22-26(34)20-32-15-11-30(12-16-32)18-24(3)4/h5-8,25-26,33-34H,1,3,9-22H2,2,4H3/t25-,26-/m1/s1. The third-order valence-electron chi connectivity index (χ3n) is 6.56. The lowest BCUT2D eigenvalue weighted by Gasteiger charge is -2.35. The third kappa shape index (κ3) is 10.6. The summed E-state index contributed by atoms with van der Waals surface area (Å²) >= 11 is 0. The zero-order valence-corrected chi connectivity index (χ0v) is 22.3. The van der Waals surface area contributed by atoms with E-state index >= 15 is 0 Å². The average Bonchev–Trinajstić information content (AvgIpc) is 2.84. The number of hydrogen-bond donors (Lipinski definition) is 2. The highest BCUT2D eigenvalue weighted by atomic mass is 16.5. The Bertz CT molecular complexity index is 735. The van der Waals surface area contributed by atoms with Crippen molar-refractivity contribution in [3.63, 3.8) is 0 Å². The van der Waals surface area contributed by atoms with Crippen LogP contribution in [0, 0.1) is 0 Å². The summed E-state index contributed by atoms with van der Waals surface area (Å²) in [6.45, 7) is 23.6. The predicted octanol–water partition coefficient (Wildman–Crippen LogP) is 1.55. The van der Waals surface area contributed by atoms with Crippen molar-refractivity contribution in [3.05, 3.63) is 48.6 Å². The zero-order valence-electron chi connectivity index (χ0n) is 22.3. The molecule has 0 aliphatic carbocycles. The van der Waals surface area contributed by atoms with Crippen molar-refractivity contribution >= 4 is 0 Å². The molecule has 0 spiro atoms. The van der Waals surface area contributed by atoms with Crippen molar-refractivity contribution in [2.24, 2.45) is 0 Å². The number of rotatable bonds is 14. The zero-order chi connectivity index (χ0) is 25.9. The summed E-state index contributed by atoms with van der Waals surface area (Å²) in [5, 5.41) is 20.8. The van der Waals surface area contributed by atoms with E-state index in [1.54, 1.807) is 0 Å². The fraction of sp³-hybridized carbons (Fsp3) is 0.643. The lowest BCUT2D eigenvalue weighted by molar-refractivity contribution is 0.0468. The minimum atomic E-state index is -0.536. The van der Waals surface area contributed by atoms with Crippen LogP contribution in [0.2, 0.25) is 0 Å². The van der Waals surface area contributed by atoms with E-state index in [1.165, 1.54) is 11.1 Å². The normalized spacial score (nSPS) is 20.1. The van der Waals surface area contributed by atoms with Crippen molar-refractivity contribution in [3.8, 4) is 11.5 Å². The number of β-amino-alcohol motifs (C(OH)–C–C–N with tert-alkyl or cyclic N) is 2. The molecule has 2 fully saturated rings. The van der Waals surface area contributed by atoms with Crippen LogP contribution in [0.3, 0.4) is 0 Å². The lowest BCUT2D eigenvalue weighted by Crippen LogP contribution is -2.49. The smallest absolute Gasteiger partial charge is 0.119 e. The Balaban J connectivity index is 1.28. The maximum absolute atomic E-state index is 10.4. The minimum Gasteiger partial charge on any atom is -0.491 e. The van der Waals surface area contributed by atoms with Crippen LogP contribution < -0.4 is 9.47 Å². The van der Waals surface area contributed by atoms with Gasteiger partial charge in [0.25, 0.3) is 0 Å². The average molecular weight is 503 g/mol. The first-order valence-corrected chi connectivity index (χ1v) is 13.2. The van der Waals surface area contributed by atoms with Gasteiger partial charge in [0.05, 0.1) is 0 Å². The van der Waals surface area contributed by atoms with E-state index in [9.17, 15) is 10.2 Å². The molecule has 0 amide bonds. The topological polar surface area (TPSA) is 71.9 Å². The van der Waals surface area contributed by atoms with Crippen LogP contribution in [0.1, 0.15) is 13.8 Å². The molecule has 2 aliphatic rings. The number of aliphatic hydroxyl groups is 2. The Labute approximate surface area is 217 Å². The van der Waals surface area contributed by atoms with Gasteiger partial charge in [-0.3, -0.25) is 19.6 Å².